The molecule has 1 aromatic heterocycles. The first-order chi connectivity index (χ1) is 7.35. The van der Waals surface area contributed by atoms with Crippen LogP contribution in [0.5, 0.6) is 0 Å². The predicted octanol–water partition coefficient (Wildman–Crippen LogP) is 0.729. The molecule has 0 aliphatic heterocycles. The molecule has 15 heavy (non-hydrogen) atoms. The molecule has 2 N–H and O–H groups in total. The fourth-order valence-electron chi connectivity index (χ4n) is 1.81. The Morgan fingerprint density at radius 1 is 1.47 bits per heavy atom. The van der Waals surface area contributed by atoms with Gasteiger partial charge in [0, 0.05) is 25.9 Å². The van der Waals surface area contributed by atoms with E-state index in [2.05, 4.69) is 15.3 Å². The summed E-state index contributed by atoms with van der Waals surface area (Å²) in [5.41, 5.74) is 1.40. The van der Waals surface area contributed by atoms with Gasteiger partial charge in [-0.05, 0) is 30.7 Å². The Morgan fingerprint density at radius 2 is 2.33 bits per heavy atom. The zero-order valence-corrected chi connectivity index (χ0v) is 8.82. The van der Waals surface area contributed by atoms with Crippen molar-refractivity contribution in [1.29, 1.82) is 0 Å². The van der Waals surface area contributed by atoms with Crippen molar-refractivity contribution in [2.45, 2.75) is 25.8 Å². The van der Waals surface area contributed by atoms with Gasteiger partial charge in [0.15, 0.2) is 0 Å². The first kappa shape index (κ1) is 10.5. The van der Waals surface area contributed by atoms with E-state index in [9.17, 15) is 0 Å². The summed E-state index contributed by atoms with van der Waals surface area (Å²) >= 11 is 0. The number of nitrogens with zero attached hydrogens (tertiary/aromatic N) is 2. The van der Waals surface area contributed by atoms with E-state index in [0.717, 1.165) is 25.2 Å². The lowest BCUT2D eigenvalue weighted by Crippen LogP contribution is -2.24. The molecule has 0 atom stereocenters. The fraction of sp³-hybridized carbons (Fsp3) is 0.636. The normalized spacial score (nSPS) is 17.7. The average molecular weight is 207 g/mol. The van der Waals surface area contributed by atoms with E-state index in [-0.39, 0.29) is 0 Å². The molecule has 0 radical (unpaired) electrons. The Morgan fingerprint density at radius 3 is 2.93 bits per heavy atom. The summed E-state index contributed by atoms with van der Waals surface area (Å²) in [6.07, 6.45) is 6.72. The maximum Gasteiger partial charge on any atom is 0.115 e. The molecule has 0 saturated heterocycles. The number of hydrogen-bond acceptors (Lipinski definition) is 4. The summed E-state index contributed by atoms with van der Waals surface area (Å²) < 4.78 is 0. The first-order valence-corrected chi connectivity index (χ1v) is 5.41. The van der Waals surface area contributed by atoms with Crippen LogP contribution in [0.1, 0.15) is 25.0 Å². The zero-order valence-electron chi connectivity index (χ0n) is 8.82. The van der Waals surface area contributed by atoms with E-state index >= 15 is 0 Å². The quantitative estimate of drug-likeness (QED) is 0.722. The zero-order chi connectivity index (χ0) is 10.6. The van der Waals surface area contributed by atoms with Crippen LogP contribution < -0.4 is 5.32 Å². The molecule has 1 aliphatic carbocycles. The third kappa shape index (κ3) is 2.97. The second-order valence-corrected chi connectivity index (χ2v) is 4.28. The van der Waals surface area contributed by atoms with Gasteiger partial charge in [-0.25, -0.2) is 9.97 Å². The summed E-state index contributed by atoms with van der Waals surface area (Å²) in [6, 6.07) is 1.92. The summed E-state index contributed by atoms with van der Waals surface area (Å²) in [7, 11) is 0. The standard InChI is InChI=1S/C11H17N3O/c15-6-4-11(2-3-11)8-13-7-10-1-5-12-9-14-10/h1,5,9,13,15H,2-4,6-8H2. The molecule has 0 spiro atoms. The van der Waals surface area contributed by atoms with Crippen LogP contribution in [0.4, 0.5) is 0 Å². The van der Waals surface area contributed by atoms with Gasteiger partial charge in [0.1, 0.15) is 6.33 Å². The maximum absolute atomic E-state index is 8.91. The van der Waals surface area contributed by atoms with E-state index in [4.69, 9.17) is 5.11 Å². The van der Waals surface area contributed by atoms with Crippen LogP contribution in [0.2, 0.25) is 0 Å². The van der Waals surface area contributed by atoms with Crippen molar-refractivity contribution >= 4 is 0 Å². The molecular weight excluding hydrogens is 190 g/mol. The van der Waals surface area contributed by atoms with Crippen molar-refractivity contribution in [2.24, 2.45) is 5.41 Å². The molecule has 1 fully saturated rings. The van der Waals surface area contributed by atoms with Crippen molar-refractivity contribution in [2.75, 3.05) is 13.2 Å². The Labute approximate surface area is 89.8 Å². The van der Waals surface area contributed by atoms with Crippen LogP contribution in [0, 0.1) is 5.41 Å². The summed E-state index contributed by atoms with van der Waals surface area (Å²) in [5.74, 6) is 0. The van der Waals surface area contributed by atoms with Crippen molar-refractivity contribution < 1.29 is 5.11 Å². The molecule has 1 aromatic rings. The van der Waals surface area contributed by atoms with E-state index in [1.165, 1.54) is 12.8 Å². The van der Waals surface area contributed by atoms with Gasteiger partial charge in [0.25, 0.3) is 0 Å². The SMILES string of the molecule is OCCC1(CNCc2ccncn2)CC1. The van der Waals surface area contributed by atoms with Gasteiger partial charge in [-0.3, -0.25) is 0 Å². The van der Waals surface area contributed by atoms with Gasteiger partial charge in [-0.2, -0.15) is 0 Å². The third-order valence-electron chi connectivity index (χ3n) is 3.05. The summed E-state index contributed by atoms with van der Waals surface area (Å²) in [5, 5.41) is 12.3. The van der Waals surface area contributed by atoms with E-state index < -0.39 is 0 Å². The van der Waals surface area contributed by atoms with E-state index in [1.54, 1.807) is 12.5 Å². The van der Waals surface area contributed by atoms with Gasteiger partial charge >= 0.3 is 0 Å². The molecule has 1 heterocycles. The van der Waals surface area contributed by atoms with Crippen molar-refractivity contribution in [3.05, 3.63) is 24.3 Å². The van der Waals surface area contributed by atoms with Gasteiger partial charge < -0.3 is 10.4 Å². The van der Waals surface area contributed by atoms with Crippen LogP contribution in [0.3, 0.4) is 0 Å². The summed E-state index contributed by atoms with van der Waals surface area (Å²) in [6.45, 7) is 2.07. The molecule has 4 nitrogen and oxygen atoms in total. The second-order valence-electron chi connectivity index (χ2n) is 4.28. The van der Waals surface area contributed by atoms with Crippen LogP contribution >= 0.6 is 0 Å². The number of aliphatic hydroxyl groups is 1. The molecule has 0 aromatic carbocycles. The largest absolute Gasteiger partial charge is 0.396 e. The van der Waals surface area contributed by atoms with Crippen LogP contribution in [-0.4, -0.2) is 28.2 Å². The Hall–Kier alpha value is -1.00. The highest BCUT2D eigenvalue weighted by Gasteiger charge is 2.41. The Kier molecular flexibility index (Phi) is 3.28. The van der Waals surface area contributed by atoms with Crippen molar-refractivity contribution in [3.63, 3.8) is 0 Å². The highest BCUT2D eigenvalue weighted by molar-refractivity contribution is 4.99. The highest BCUT2D eigenvalue weighted by Crippen LogP contribution is 2.47. The predicted molar refractivity (Wildman–Crippen MR) is 57.1 cm³/mol. The first-order valence-electron chi connectivity index (χ1n) is 5.41. The number of aromatic nitrogens is 2. The van der Waals surface area contributed by atoms with Gasteiger partial charge in [-0.15, -0.1) is 0 Å². The van der Waals surface area contributed by atoms with Crippen LogP contribution in [-0.2, 0) is 6.54 Å². The topological polar surface area (TPSA) is 58.0 Å². The van der Waals surface area contributed by atoms with E-state index in [0.29, 0.717) is 12.0 Å². The van der Waals surface area contributed by atoms with Crippen LogP contribution in [0.15, 0.2) is 18.6 Å². The van der Waals surface area contributed by atoms with Gasteiger partial charge in [0.2, 0.25) is 0 Å². The number of rotatable bonds is 6. The maximum atomic E-state index is 8.91. The Balaban J connectivity index is 1.71. The smallest absolute Gasteiger partial charge is 0.115 e. The van der Waals surface area contributed by atoms with Gasteiger partial charge in [-0.1, -0.05) is 0 Å². The number of nitrogens with one attached hydrogen (secondary N) is 1. The minimum atomic E-state index is 0.301. The number of hydrogen-bond donors (Lipinski definition) is 2. The molecule has 0 bridgehead atoms. The minimum absolute atomic E-state index is 0.301. The molecule has 0 unspecified atom stereocenters. The molecule has 2 rings (SSSR count). The Bertz CT molecular complexity index is 298. The molecule has 1 saturated carbocycles. The second kappa shape index (κ2) is 4.68. The van der Waals surface area contributed by atoms with E-state index in [1.807, 2.05) is 6.07 Å². The molecule has 1 aliphatic rings. The lowest BCUT2D eigenvalue weighted by molar-refractivity contribution is 0.245. The minimum Gasteiger partial charge on any atom is -0.396 e. The van der Waals surface area contributed by atoms with Crippen LogP contribution in [0.25, 0.3) is 0 Å². The average Bonchev–Trinajstić information content (AvgIpc) is 3.00. The molecule has 4 heteroatoms. The van der Waals surface area contributed by atoms with Gasteiger partial charge in [0.05, 0.1) is 5.69 Å². The lowest BCUT2D eigenvalue weighted by Gasteiger charge is -2.13. The van der Waals surface area contributed by atoms with Crippen molar-refractivity contribution in [3.8, 4) is 0 Å². The number of aliphatic hydroxyl groups excluding tert-OH is 1. The third-order valence-corrected chi connectivity index (χ3v) is 3.05. The fourth-order valence-corrected chi connectivity index (χ4v) is 1.81. The molecule has 82 valence electrons. The molecule has 0 amide bonds. The highest BCUT2D eigenvalue weighted by atomic mass is 16.3. The molecular formula is C11H17N3O. The monoisotopic (exact) mass is 207 g/mol. The summed E-state index contributed by atoms with van der Waals surface area (Å²) in [4.78, 5) is 8.01. The van der Waals surface area contributed by atoms with Crippen molar-refractivity contribution in [1.82, 2.24) is 15.3 Å². The lowest BCUT2D eigenvalue weighted by atomic mass is 10.0.